The molecule has 9 nitrogen and oxygen atoms in total. The molecule has 9 heteroatoms. The summed E-state index contributed by atoms with van der Waals surface area (Å²) in [6.45, 7) is 2.77. The number of esters is 1. The van der Waals surface area contributed by atoms with Crippen molar-refractivity contribution >= 4 is 11.7 Å². The zero-order valence-electron chi connectivity index (χ0n) is 27.0. The SMILES string of the molecule is CCOC(=O)[C@H](Nc1ccc(OC)cc1)[C@H]1O[C@H](OC)[C@H](OCc2ccccc2)[C@@H](OCc2ccccc2)[C@@H]1OCc1ccccc1. The Morgan fingerprint density at radius 3 is 1.64 bits per heavy atom. The molecule has 4 aromatic rings. The highest BCUT2D eigenvalue weighted by atomic mass is 16.7. The van der Waals surface area contributed by atoms with Gasteiger partial charge in [-0.2, -0.15) is 0 Å². The predicted octanol–water partition coefficient (Wildman–Crippen LogP) is 6.17. The molecule has 47 heavy (non-hydrogen) atoms. The minimum atomic E-state index is -0.986. The highest BCUT2D eigenvalue weighted by molar-refractivity contribution is 5.80. The summed E-state index contributed by atoms with van der Waals surface area (Å²) in [6.07, 6.45) is -3.99. The number of carbonyl (C=O) groups excluding carboxylic acids is 1. The fourth-order valence-corrected chi connectivity index (χ4v) is 5.52. The normalized spacial score (nSPS) is 21.5. The van der Waals surface area contributed by atoms with E-state index in [1.54, 1.807) is 21.1 Å². The van der Waals surface area contributed by atoms with Crippen LogP contribution in [-0.4, -0.2) is 63.5 Å². The molecule has 1 aliphatic heterocycles. The van der Waals surface area contributed by atoms with Crippen LogP contribution >= 0.6 is 0 Å². The minimum Gasteiger partial charge on any atom is -0.497 e. The van der Waals surface area contributed by atoms with Gasteiger partial charge >= 0.3 is 5.97 Å². The summed E-state index contributed by atoms with van der Waals surface area (Å²) in [5.41, 5.74) is 3.59. The molecular formula is C38H43NO8. The number of methoxy groups -OCH3 is 2. The van der Waals surface area contributed by atoms with Crippen molar-refractivity contribution in [3.63, 3.8) is 0 Å². The summed E-state index contributed by atoms with van der Waals surface area (Å²) in [5.74, 6) is 0.190. The molecule has 1 saturated heterocycles. The van der Waals surface area contributed by atoms with E-state index in [4.69, 9.17) is 33.2 Å². The van der Waals surface area contributed by atoms with Crippen LogP contribution in [0.1, 0.15) is 23.6 Å². The lowest BCUT2D eigenvalue weighted by atomic mass is 9.92. The van der Waals surface area contributed by atoms with E-state index in [9.17, 15) is 4.79 Å². The molecule has 1 aliphatic rings. The molecule has 1 fully saturated rings. The van der Waals surface area contributed by atoms with Crippen molar-refractivity contribution in [2.24, 2.45) is 0 Å². The van der Waals surface area contributed by atoms with E-state index in [-0.39, 0.29) is 19.8 Å². The third-order valence-corrected chi connectivity index (χ3v) is 7.90. The number of rotatable bonds is 16. The van der Waals surface area contributed by atoms with Crippen LogP contribution in [0.2, 0.25) is 0 Å². The molecule has 4 aromatic carbocycles. The van der Waals surface area contributed by atoms with Gasteiger partial charge in [-0.25, -0.2) is 4.79 Å². The Bertz CT molecular complexity index is 1470. The van der Waals surface area contributed by atoms with Gasteiger partial charge in [-0.3, -0.25) is 0 Å². The van der Waals surface area contributed by atoms with Crippen LogP contribution in [-0.2, 0) is 53.0 Å². The average Bonchev–Trinajstić information content (AvgIpc) is 3.12. The number of hydrogen-bond donors (Lipinski definition) is 1. The van der Waals surface area contributed by atoms with Crippen molar-refractivity contribution in [3.8, 4) is 5.75 Å². The molecule has 0 bridgehead atoms. The minimum absolute atomic E-state index is 0.187. The Labute approximate surface area is 276 Å². The van der Waals surface area contributed by atoms with Gasteiger partial charge in [0.25, 0.3) is 0 Å². The number of nitrogens with one attached hydrogen (secondary N) is 1. The van der Waals surface area contributed by atoms with Crippen molar-refractivity contribution in [3.05, 3.63) is 132 Å². The molecule has 0 amide bonds. The van der Waals surface area contributed by atoms with Crippen molar-refractivity contribution in [2.75, 3.05) is 26.1 Å². The predicted molar refractivity (Wildman–Crippen MR) is 178 cm³/mol. The van der Waals surface area contributed by atoms with Crippen LogP contribution in [0.3, 0.4) is 0 Å². The molecule has 248 valence electrons. The topological polar surface area (TPSA) is 93.7 Å². The standard InChI is InChI=1S/C38H43NO8/c1-4-43-37(40)32(39-30-20-22-31(41-2)23-21-30)33-34(44-24-27-14-8-5-9-15-27)35(45-25-28-16-10-6-11-17-28)36(38(42-3)47-33)46-26-29-18-12-7-13-19-29/h5-23,32-36,38-39H,4,24-26H2,1-3H3/t32-,33-,34-,35+,36-,38+/m1/s1. The second-order valence-electron chi connectivity index (χ2n) is 11.1. The molecule has 0 aliphatic carbocycles. The monoisotopic (exact) mass is 641 g/mol. The first-order valence-electron chi connectivity index (χ1n) is 15.8. The Morgan fingerprint density at radius 1 is 0.681 bits per heavy atom. The zero-order valence-corrected chi connectivity index (χ0v) is 27.0. The molecule has 5 rings (SSSR count). The first-order valence-corrected chi connectivity index (χ1v) is 15.8. The summed E-state index contributed by atoms with van der Waals surface area (Å²) in [5, 5.41) is 3.34. The number of hydrogen-bond acceptors (Lipinski definition) is 9. The van der Waals surface area contributed by atoms with Crippen LogP contribution in [0.5, 0.6) is 5.75 Å². The van der Waals surface area contributed by atoms with E-state index in [1.165, 1.54) is 0 Å². The van der Waals surface area contributed by atoms with Gasteiger partial charge in [0.2, 0.25) is 0 Å². The lowest BCUT2D eigenvalue weighted by Gasteiger charge is -2.47. The molecule has 0 unspecified atom stereocenters. The summed E-state index contributed by atoms with van der Waals surface area (Å²) < 4.78 is 43.4. The summed E-state index contributed by atoms with van der Waals surface area (Å²) in [7, 11) is 3.15. The number of anilines is 1. The Kier molecular flexibility index (Phi) is 12.8. The first kappa shape index (κ1) is 34.1. The highest BCUT2D eigenvalue weighted by Gasteiger charge is 2.53. The average molecular weight is 642 g/mol. The van der Waals surface area contributed by atoms with Crippen LogP contribution in [0.15, 0.2) is 115 Å². The van der Waals surface area contributed by atoms with Gasteiger partial charge in [-0.15, -0.1) is 0 Å². The third kappa shape index (κ3) is 9.41. The lowest BCUT2D eigenvalue weighted by molar-refractivity contribution is -0.319. The quantitative estimate of drug-likeness (QED) is 0.144. The van der Waals surface area contributed by atoms with E-state index in [1.807, 2.05) is 115 Å². The molecule has 1 heterocycles. The molecule has 6 atom stereocenters. The second kappa shape index (κ2) is 17.6. The lowest BCUT2D eigenvalue weighted by Crippen LogP contribution is -2.65. The fourth-order valence-electron chi connectivity index (χ4n) is 5.52. The van der Waals surface area contributed by atoms with Crippen LogP contribution in [0.25, 0.3) is 0 Å². The Morgan fingerprint density at radius 2 is 1.17 bits per heavy atom. The maximum Gasteiger partial charge on any atom is 0.331 e. The molecule has 0 spiro atoms. The summed E-state index contributed by atoms with van der Waals surface area (Å²) in [6, 6.07) is 35.9. The number of carbonyl (C=O) groups is 1. The van der Waals surface area contributed by atoms with E-state index in [0.717, 1.165) is 16.7 Å². The van der Waals surface area contributed by atoms with Crippen molar-refractivity contribution < 1.29 is 38.0 Å². The van der Waals surface area contributed by atoms with Gasteiger partial charge in [0, 0.05) is 12.8 Å². The summed E-state index contributed by atoms with van der Waals surface area (Å²) >= 11 is 0. The van der Waals surface area contributed by atoms with Gasteiger partial charge < -0.3 is 38.5 Å². The largest absolute Gasteiger partial charge is 0.497 e. The number of ether oxygens (including phenoxy) is 7. The fraction of sp³-hybridized carbons (Fsp3) is 0.342. The van der Waals surface area contributed by atoms with Gasteiger partial charge in [0.1, 0.15) is 30.2 Å². The molecule has 0 aromatic heterocycles. The van der Waals surface area contributed by atoms with E-state index < -0.39 is 42.7 Å². The van der Waals surface area contributed by atoms with Gasteiger partial charge in [0.05, 0.1) is 33.5 Å². The van der Waals surface area contributed by atoms with Gasteiger partial charge in [-0.05, 0) is 47.9 Å². The van der Waals surface area contributed by atoms with E-state index >= 15 is 0 Å². The van der Waals surface area contributed by atoms with E-state index in [0.29, 0.717) is 18.0 Å². The highest BCUT2D eigenvalue weighted by Crippen LogP contribution is 2.34. The van der Waals surface area contributed by atoms with Crippen molar-refractivity contribution in [1.29, 1.82) is 0 Å². The second-order valence-corrected chi connectivity index (χ2v) is 11.1. The maximum atomic E-state index is 13.7. The van der Waals surface area contributed by atoms with Gasteiger partial charge in [0.15, 0.2) is 12.3 Å². The van der Waals surface area contributed by atoms with E-state index in [2.05, 4.69) is 5.32 Å². The molecule has 0 radical (unpaired) electrons. The van der Waals surface area contributed by atoms with Crippen LogP contribution < -0.4 is 10.1 Å². The van der Waals surface area contributed by atoms with Crippen LogP contribution in [0.4, 0.5) is 5.69 Å². The van der Waals surface area contributed by atoms with Crippen LogP contribution in [0, 0.1) is 0 Å². The first-order chi connectivity index (χ1) is 23.1. The number of benzene rings is 4. The van der Waals surface area contributed by atoms with Crippen molar-refractivity contribution in [2.45, 2.75) is 63.5 Å². The molecular weight excluding hydrogens is 598 g/mol. The molecule has 0 saturated carbocycles. The Hall–Kier alpha value is -4.25. The summed E-state index contributed by atoms with van der Waals surface area (Å²) in [4.78, 5) is 13.7. The molecule has 1 N–H and O–H groups in total. The third-order valence-electron chi connectivity index (χ3n) is 7.90. The zero-order chi connectivity index (χ0) is 32.8. The van der Waals surface area contributed by atoms with Crippen molar-refractivity contribution in [1.82, 2.24) is 0 Å². The maximum absolute atomic E-state index is 13.7. The smallest absolute Gasteiger partial charge is 0.331 e. The Balaban J connectivity index is 1.52. The van der Waals surface area contributed by atoms with Gasteiger partial charge in [-0.1, -0.05) is 91.0 Å².